The van der Waals surface area contributed by atoms with Gasteiger partial charge in [0.25, 0.3) is 11.1 Å². The molecule has 7 nitrogen and oxygen atoms in total. The van der Waals surface area contributed by atoms with Gasteiger partial charge in [0.1, 0.15) is 5.75 Å². The van der Waals surface area contributed by atoms with Crippen molar-refractivity contribution in [3.63, 3.8) is 0 Å². The van der Waals surface area contributed by atoms with Crippen LogP contribution in [0.5, 0.6) is 5.75 Å². The summed E-state index contributed by atoms with van der Waals surface area (Å²) in [7, 11) is 1.57. The molecule has 9 heteroatoms. The van der Waals surface area contributed by atoms with Crippen molar-refractivity contribution in [3.05, 3.63) is 92.6 Å². The lowest BCUT2D eigenvalue weighted by Gasteiger charge is -2.15. The fraction of sp³-hybridized carbons (Fsp3) is 0.0909. The van der Waals surface area contributed by atoms with Gasteiger partial charge in [-0.25, -0.2) is 9.97 Å². The van der Waals surface area contributed by atoms with Crippen molar-refractivity contribution in [2.45, 2.75) is 10.9 Å². The number of rotatable bonds is 5. The summed E-state index contributed by atoms with van der Waals surface area (Å²) in [6.07, 6.45) is 1.70. The number of hydrogen-bond acceptors (Lipinski definition) is 7. The lowest BCUT2D eigenvalue weighted by Crippen LogP contribution is -2.22. The van der Waals surface area contributed by atoms with Gasteiger partial charge >= 0.3 is 0 Å². The van der Waals surface area contributed by atoms with E-state index in [-0.39, 0.29) is 11.1 Å². The summed E-state index contributed by atoms with van der Waals surface area (Å²) in [5.74, 6) is 0.962. The maximum absolute atomic E-state index is 13.4. The molecule has 0 unspecified atom stereocenters. The van der Waals surface area contributed by atoms with Crippen LogP contribution >= 0.6 is 23.1 Å². The van der Waals surface area contributed by atoms with Crippen LogP contribution in [0.1, 0.15) is 5.69 Å². The Hall–Kier alpha value is -3.43. The Morgan fingerprint density at radius 2 is 1.87 bits per heavy atom. The highest BCUT2D eigenvalue weighted by Crippen LogP contribution is 2.28. The molecule has 2 aromatic carbocycles. The molecule has 0 saturated heterocycles. The molecule has 0 spiro atoms. The van der Waals surface area contributed by atoms with E-state index in [1.165, 1.54) is 33.6 Å². The summed E-state index contributed by atoms with van der Waals surface area (Å²) in [5, 5.41) is 2.85. The molecule has 0 bridgehead atoms. The average molecular weight is 449 g/mol. The Bertz CT molecular complexity index is 1540. The van der Waals surface area contributed by atoms with Gasteiger partial charge in [-0.05, 0) is 24.3 Å². The fourth-order valence-electron chi connectivity index (χ4n) is 3.34. The third-order valence-electron chi connectivity index (χ3n) is 4.78. The van der Waals surface area contributed by atoms with E-state index in [2.05, 4.69) is 4.98 Å². The number of thioether (sulfide) groups is 1. The van der Waals surface area contributed by atoms with Gasteiger partial charge in [0.2, 0.25) is 0 Å². The minimum Gasteiger partial charge on any atom is -0.495 e. The standard InChI is InChI=1S/C22H16N4O3S2/c1-29-18-9-5-4-8-17(18)26-20(28)15-6-2-3-7-16(15)24-22(26)31-13-14-12-19(27)25-10-11-30-21(25)23-14/h2-12H,13H2,1H3. The number of fused-ring (bicyclic) bond motifs is 2. The van der Waals surface area contributed by atoms with E-state index in [0.717, 1.165) is 0 Å². The first-order valence-corrected chi connectivity index (χ1v) is 11.3. The Morgan fingerprint density at radius 3 is 2.74 bits per heavy atom. The Morgan fingerprint density at radius 1 is 1.06 bits per heavy atom. The minimum absolute atomic E-state index is 0.129. The number of benzene rings is 2. The molecule has 0 N–H and O–H groups in total. The fourth-order valence-corrected chi connectivity index (χ4v) is 4.97. The number of para-hydroxylation sites is 3. The van der Waals surface area contributed by atoms with Crippen LogP contribution in [-0.2, 0) is 5.75 Å². The van der Waals surface area contributed by atoms with E-state index >= 15 is 0 Å². The van der Waals surface area contributed by atoms with Crippen molar-refractivity contribution < 1.29 is 4.74 Å². The predicted molar refractivity (Wildman–Crippen MR) is 123 cm³/mol. The van der Waals surface area contributed by atoms with Gasteiger partial charge in [-0.2, -0.15) is 0 Å². The van der Waals surface area contributed by atoms with Gasteiger partial charge in [-0.1, -0.05) is 36.0 Å². The van der Waals surface area contributed by atoms with Gasteiger partial charge in [0, 0.05) is 23.4 Å². The Labute approximate surface area is 184 Å². The molecule has 0 aliphatic rings. The summed E-state index contributed by atoms with van der Waals surface area (Å²) in [5.41, 5.74) is 1.54. The van der Waals surface area contributed by atoms with Crippen LogP contribution in [0.2, 0.25) is 0 Å². The Kier molecular flexibility index (Phi) is 5.05. The van der Waals surface area contributed by atoms with Crippen LogP contribution < -0.4 is 15.9 Å². The third-order valence-corrected chi connectivity index (χ3v) is 6.51. The topological polar surface area (TPSA) is 78.5 Å². The van der Waals surface area contributed by atoms with Crippen molar-refractivity contribution in [3.8, 4) is 11.4 Å². The van der Waals surface area contributed by atoms with E-state index in [9.17, 15) is 9.59 Å². The summed E-state index contributed by atoms with van der Waals surface area (Å²) in [4.78, 5) is 35.6. The first-order valence-electron chi connectivity index (χ1n) is 9.39. The highest BCUT2D eigenvalue weighted by atomic mass is 32.2. The summed E-state index contributed by atoms with van der Waals surface area (Å²) in [6, 6.07) is 16.1. The molecular weight excluding hydrogens is 432 g/mol. The zero-order chi connectivity index (χ0) is 21.4. The van der Waals surface area contributed by atoms with E-state index in [0.29, 0.717) is 43.9 Å². The molecule has 0 radical (unpaired) electrons. The molecule has 0 saturated carbocycles. The smallest absolute Gasteiger partial charge is 0.266 e. The second-order valence-corrected chi connectivity index (χ2v) is 8.47. The highest BCUT2D eigenvalue weighted by molar-refractivity contribution is 7.98. The summed E-state index contributed by atoms with van der Waals surface area (Å²) < 4.78 is 8.56. The van der Waals surface area contributed by atoms with E-state index in [1.807, 2.05) is 41.8 Å². The molecular formula is C22H16N4O3S2. The molecule has 154 valence electrons. The maximum atomic E-state index is 13.4. The zero-order valence-electron chi connectivity index (χ0n) is 16.4. The average Bonchev–Trinajstić information content (AvgIpc) is 3.27. The normalized spacial score (nSPS) is 11.3. The quantitative estimate of drug-likeness (QED) is 0.301. The molecule has 5 rings (SSSR count). The van der Waals surface area contributed by atoms with Crippen LogP contribution in [0.25, 0.3) is 21.6 Å². The first-order chi connectivity index (χ1) is 15.2. The summed E-state index contributed by atoms with van der Waals surface area (Å²) in [6.45, 7) is 0. The molecule has 3 aromatic heterocycles. The second-order valence-electron chi connectivity index (χ2n) is 6.65. The molecule has 0 atom stereocenters. The van der Waals surface area contributed by atoms with Crippen LogP contribution in [0.4, 0.5) is 0 Å². The van der Waals surface area contributed by atoms with E-state index in [4.69, 9.17) is 9.72 Å². The number of aromatic nitrogens is 4. The number of methoxy groups -OCH3 is 1. The lowest BCUT2D eigenvalue weighted by atomic mass is 10.2. The van der Waals surface area contributed by atoms with Crippen LogP contribution in [-0.4, -0.2) is 26.0 Å². The highest BCUT2D eigenvalue weighted by Gasteiger charge is 2.17. The number of nitrogens with zero attached hydrogens (tertiary/aromatic N) is 4. The molecule has 0 aliphatic heterocycles. The second kappa shape index (κ2) is 8.01. The largest absolute Gasteiger partial charge is 0.495 e. The van der Waals surface area contributed by atoms with Crippen molar-refractivity contribution >= 4 is 39.0 Å². The molecule has 3 heterocycles. The SMILES string of the molecule is COc1ccccc1-n1c(SCc2cc(=O)n3ccsc3n2)nc2ccccc2c1=O. The van der Waals surface area contributed by atoms with E-state index in [1.54, 1.807) is 30.0 Å². The van der Waals surface area contributed by atoms with Gasteiger partial charge < -0.3 is 4.74 Å². The van der Waals surface area contributed by atoms with Gasteiger partial charge in [0.05, 0.1) is 29.4 Å². The van der Waals surface area contributed by atoms with Crippen molar-refractivity contribution in [2.24, 2.45) is 0 Å². The van der Waals surface area contributed by atoms with Crippen molar-refractivity contribution in [2.75, 3.05) is 7.11 Å². The lowest BCUT2D eigenvalue weighted by molar-refractivity contribution is 0.411. The predicted octanol–water partition coefficient (Wildman–Crippen LogP) is 3.76. The van der Waals surface area contributed by atoms with Gasteiger partial charge in [-0.15, -0.1) is 11.3 Å². The summed E-state index contributed by atoms with van der Waals surface area (Å²) >= 11 is 2.76. The van der Waals surface area contributed by atoms with Crippen molar-refractivity contribution in [1.29, 1.82) is 0 Å². The third kappa shape index (κ3) is 3.51. The first kappa shape index (κ1) is 19.5. The van der Waals surface area contributed by atoms with Crippen molar-refractivity contribution in [1.82, 2.24) is 18.9 Å². The number of thiazole rings is 1. The monoisotopic (exact) mass is 448 g/mol. The number of ether oxygens (including phenoxy) is 1. The molecule has 0 aliphatic carbocycles. The molecule has 5 aromatic rings. The maximum Gasteiger partial charge on any atom is 0.266 e. The number of hydrogen-bond donors (Lipinski definition) is 0. The van der Waals surface area contributed by atoms with Gasteiger partial charge in [0.15, 0.2) is 10.1 Å². The molecule has 0 fully saturated rings. The van der Waals surface area contributed by atoms with Crippen LogP contribution in [0.3, 0.4) is 0 Å². The zero-order valence-corrected chi connectivity index (χ0v) is 18.0. The molecule has 0 amide bonds. The Balaban J connectivity index is 1.64. The van der Waals surface area contributed by atoms with Crippen LogP contribution in [0, 0.1) is 0 Å². The minimum atomic E-state index is -0.181. The molecule has 31 heavy (non-hydrogen) atoms. The van der Waals surface area contributed by atoms with Gasteiger partial charge in [-0.3, -0.25) is 18.6 Å². The van der Waals surface area contributed by atoms with Crippen LogP contribution in [0.15, 0.2) is 80.9 Å². The van der Waals surface area contributed by atoms with E-state index < -0.39 is 0 Å².